The molecule has 3 fully saturated rings. The lowest BCUT2D eigenvalue weighted by molar-refractivity contribution is -0.150. The molecule has 1 aliphatic heterocycles. The van der Waals surface area contributed by atoms with Crippen LogP contribution in [0.5, 0.6) is 0 Å². The zero-order chi connectivity index (χ0) is 26.8. The van der Waals surface area contributed by atoms with Gasteiger partial charge < -0.3 is 15.8 Å². The second-order valence-electron chi connectivity index (χ2n) is 11.0. The molecule has 11 heteroatoms. The second-order valence-corrected chi connectivity index (χ2v) is 11.0. The first-order valence-electron chi connectivity index (χ1n) is 13.4. The molecule has 4 aromatic rings. The molecule has 3 N–H and O–H groups in total. The lowest BCUT2D eigenvalue weighted by atomic mass is 9.68. The highest BCUT2D eigenvalue weighted by molar-refractivity contribution is 5.91. The van der Waals surface area contributed by atoms with Crippen LogP contribution in [-0.2, 0) is 15.1 Å². The minimum absolute atomic E-state index is 0.0725. The highest BCUT2D eigenvalue weighted by Gasteiger charge is 2.58. The van der Waals surface area contributed by atoms with Crippen LogP contribution in [0.3, 0.4) is 0 Å². The Kier molecular flexibility index (Phi) is 5.48. The van der Waals surface area contributed by atoms with Gasteiger partial charge in [0.05, 0.1) is 23.0 Å². The van der Waals surface area contributed by atoms with E-state index in [9.17, 15) is 13.6 Å². The summed E-state index contributed by atoms with van der Waals surface area (Å²) in [6.07, 6.45) is 5.69. The quantitative estimate of drug-likeness (QED) is 0.381. The van der Waals surface area contributed by atoms with Crippen molar-refractivity contribution >= 4 is 17.2 Å². The molecule has 2 aliphatic carbocycles. The fraction of sp³-hybridized carbons (Fsp3) is 0.429. The van der Waals surface area contributed by atoms with Crippen molar-refractivity contribution < 1.29 is 18.3 Å². The number of carbonyl (C=O) groups is 1. The predicted octanol–water partition coefficient (Wildman–Crippen LogP) is 4.34. The fourth-order valence-corrected chi connectivity index (χ4v) is 6.07. The number of nitrogens with zero attached hydrogens (tertiary/aromatic N) is 5. The number of ether oxygens (including phenoxy) is 1. The van der Waals surface area contributed by atoms with E-state index in [2.05, 4.69) is 20.5 Å². The van der Waals surface area contributed by atoms with Crippen LogP contribution in [0, 0.1) is 5.92 Å². The number of nitrogens with two attached hydrogens (primary N) is 1. The SMILES string of the molecule is Nc1ncnn2c(-c3cccc(C4(NC(=O)C5CC5)CC(F)(F)C4)c3)cc(-c3ccnn3C3CCOCC3)c12. The van der Waals surface area contributed by atoms with E-state index >= 15 is 0 Å². The van der Waals surface area contributed by atoms with Crippen molar-refractivity contribution in [3.05, 3.63) is 54.5 Å². The third-order valence-electron chi connectivity index (χ3n) is 8.21. The third kappa shape index (κ3) is 4.15. The van der Waals surface area contributed by atoms with Gasteiger partial charge in [-0.25, -0.2) is 18.3 Å². The third-order valence-corrected chi connectivity index (χ3v) is 8.21. The molecule has 0 unspecified atom stereocenters. The van der Waals surface area contributed by atoms with Crippen molar-refractivity contribution in [2.45, 2.75) is 56.0 Å². The van der Waals surface area contributed by atoms with Gasteiger partial charge in [-0.2, -0.15) is 10.2 Å². The van der Waals surface area contributed by atoms with E-state index in [1.807, 2.05) is 41.1 Å². The Balaban J connectivity index is 1.32. The largest absolute Gasteiger partial charge is 0.382 e. The Morgan fingerprint density at radius 3 is 2.59 bits per heavy atom. The van der Waals surface area contributed by atoms with Crippen molar-refractivity contribution in [3.8, 4) is 22.5 Å². The average Bonchev–Trinajstić information content (AvgIpc) is 3.53. The van der Waals surface area contributed by atoms with Crippen LogP contribution in [0.4, 0.5) is 14.6 Å². The predicted molar refractivity (Wildman–Crippen MR) is 140 cm³/mol. The van der Waals surface area contributed by atoms with Gasteiger partial charge in [0.15, 0.2) is 5.82 Å². The van der Waals surface area contributed by atoms with Crippen LogP contribution in [0.2, 0.25) is 0 Å². The van der Waals surface area contributed by atoms with Gasteiger partial charge >= 0.3 is 0 Å². The number of fused-ring (bicyclic) bond motifs is 1. The monoisotopic (exact) mass is 533 g/mol. The molecular formula is C28H29F2N7O2. The van der Waals surface area contributed by atoms with Gasteiger partial charge in [0, 0.05) is 49.3 Å². The molecule has 7 rings (SSSR count). The van der Waals surface area contributed by atoms with E-state index in [0.29, 0.717) is 30.1 Å². The van der Waals surface area contributed by atoms with E-state index in [1.165, 1.54) is 6.33 Å². The summed E-state index contributed by atoms with van der Waals surface area (Å²) in [6.45, 7) is 1.36. The maximum Gasteiger partial charge on any atom is 0.253 e. The number of hydrogen-bond donors (Lipinski definition) is 2. The van der Waals surface area contributed by atoms with Crippen LogP contribution in [0.25, 0.3) is 28.0 Å². The van der Waals surface area contributed by atoms with E-state index in [1.54, 1.807) is 10.7 Å². The minimum Gasteiger partial charge on any atom is -0.382 e. The molecule has 0 atom stereocenters. The molecule has 202 valence electrons. The summed E-state index contributed by atoms with van der Waals surface area (Å²) in [5.41, 5.74) is 9.85. The number of anilines is 1. The highest BCUT2D eigenvalue weighted by Crippen LogP contribution is 2.52. The van der Waals surface area contributed by atoms with Crippen LogP contribution in [0.15, 0.2) is 48.9 Å². The van der Waals surface area contributed by atoms with Gasteiger partial charge in [0.25, 0.3) is 5.92 Å². The first kappa shape index (κ1) is 24.2. The molecule has 9 nitrogen and oxygen atoms in total. The normalized spacial score (nSPS) is 20.6. The van der Waals surface area contributed by atoms with Crippen molar-refractivity contribution in [2.75, 3.05) is 18.9 Å². The Morgan fingerprint density at radius 1 is 1.05 bits per heavy atom. The molecule has 2 saturated carbocycles. The smallest absolute Gasteiger partial charge is 0.253 e. The molecule has 39 heavy (non-hydrogen) atoms. The Bertz CT molecular complexity index is 1560. The van der Waals surface area contributed by atoms with E-state index in [-0.39, 0.29) is 17.9 Å². The minimum atomic E-state index is -2.81. The second kappa shape index (κ2) is 8.84. The zero-order valence-corrected chi connectivity index (χ0v) is 21.3. The van der Waals surface area contributed by atoms with Crippen LogP contribution in [0.1, 0.15) is 50.1 Å². The molecular weight excluding hydrogens is 504 g/mol. The van der Waals surface area contributed by atoms with E-state index in [0.717, 1.165) is 48.2 Å². The molecule has 1 amide bonds. The van der Waals surface area contributed by atoms with Crippen molar-refractivity contribution in [1.29, 1.82) is 0 Å². The van der Waals surface area contributed by atoms with Gasteiger partial charge in [-0.1, -0.05) is 18.2 Å². The summed E-state index contributed by atoms with van der Waals surface area (Å²) < 4.78 is 37.7. The highest BCUT2D eigenvalue weighted by atomic mass is 19.3. The zero-order valence-electron chi connectivity index (χ0n) is 21.3. The first-order chi connectivity index (χ1) is 18.8. The number of nitrogens with one attached hydrogen (secondary N) is 1. The number of halogens is 2. The Labute approximate surface area is 223 Å². The standard InChI is InChI=1S/C28H29F2N7O2/c29-28(30)14-27(15-28,35-26(38)17-4-5-17)19-3-1-2-18(12-19)23-13-21(24-25(31)32-16-34-37(23)24)22-6-9-33-36(22)20-7-10-39-11-8-20/h1-3,6,9,12-13,16-17,20H,4-5,7-8,10-11,14-15H2,(H,35,38)(H2,31,32,34). The summed E-state index contributed by atoms with van der Waals surface area (Å²) in [6, 6.07) is 11.6. The number of amides is 1. The summed E-state index contributed by atoms with van der Waals surface area (Å²) in [7, 11) is 0. The summed E-state index contributed by atoms with van der Waals surface area (Å²) in [4.78, 5) is 16.9. The van der Waals surface area contributed by atoms with E-state index < -0.39 is 24.3 Å². The van der Waals surface area contributed by atoms with Gasteiger partial charge in [0.1, 0.15) is 11.8 Å². The van der Waals surface area contributed by atoms with Crippen molar-refractivity contribution in [3.63, 3.8) is 0 Å². The summed E-state index contributed by atoms with van der Waals surface area (Å²) in [5, 5.41) is 12.1. The molecule has 1 aromatic carbocycles. The van der Waals surface area contributed by atoms with Gasteiger partial charge in [-0.15, -0.1) is 0 Å². The Hall–Kier alpha value is -3.86. The molecule has 4 heterocycles. The van der Waals surface area contributed by atoms with Crippen LogP contribution in [-0.4, -0.2) is 49.4 Å². The maximum atomic E-state index is 14.2. The fourth-order valence-electron chi connectivity index (χ4n) is 6.07. The average molecular weight is 534 g/mol. The molecule has 3 aromatic heterocycles. The topological polar surface area (TPSA) is 112 Å². The van der Waals surface area contributed by atoms with Gasteiger partial charge in [-0.05, 0) is 49.4 Å². The number of carbonyl (C=O) groups excluding carboxylic acids is 1. The number of hydrogen-bond acceptors (Lipinski definition) is 6. The van der Waals surface area contributed by atoms with Crippen molar-refractivity contribution in [2.24, 2.45) is 5.92 Å². The number of benzene rings is 1. The first-order valence-corrected chi connectivity index (χ1v) is 13.4. The maximum absolute atomic E-state index is 14.2. The summed E-state index contributed by atoms with van der Waals surface area (Å²) >= 11 is 0. The molecule has 0 spiro atoms. The Morgan fingerprint density at radius 2 is 1.85 bits per heavy atom. The van der Waals surface area contributed by atoms with Crippen molar-refractivity contribution in [1.82, 2.24) is 29.7 Å². The number of nitrogen functional groups attached to an aromatic ring is 1. The number of alkyl halides is 2. The van der Waals surface area contributed by atoms with E-state index in [4.69, 9.17) is 10.5 Å². The molecule has 1 saturated heterocycles. The van der Waals surface area contributed by atoms with Gasteiger partial charge in [-0.3, -0.25) is 9.48 Å². The molecule has 3 aliphatic rings. The lowest BCUT2D eigenvalue weighted by Crippen LogP contribution is -2.60. The molecule has 0 radical (unpaired) electrons. The molecule has 0 bridgehead atoms. The lowest BCUT2D eigenvalue weighted by Gasteiger charge is -2.48. The van der Waals surface area contributed by atoms with Gasteiger partial charge in [0.2, 0.25) is 5.91 Å². The number of rotatable bonds is 6. The van der Waals surface area contributed by atoms with Crippen LogP contribution < -0.4 is 11.1 Å². The van der Waals surface area contributed by atoms with Crippen LogP contribution >= 0.6 is 0 Å². The number of aromatic nitrogens is 5. The summed E-state index contributed by atoms with van der Waals surface area (Å²) in [5.74, 6) is -2.70.